The van der Waals surface area contributed by atoms with Crippen molar-refractivity contribution in [2.24, 2.45) is 0 Å². The lowest BCUT2D eigenvalue weighted by Gasteiger charge is -2.26. The molecule has 0 saturated heterocycles. The molecule has 0 bridgehead atoms. The quantitative estimate of drug-likeness (QED) is 0.210. The second-order valence-corrected chi connectivity index (χ2v) is 9.93. The highest BCUT2D eigenvalue weighted by Crippen LogP contribution is 2.36. The smallest absolute Gasteiger partial charge is 0.0462 e. The summed E-state index contributed by atoms with van der Waals surface area (Å²) >= 11 is 0. The summed E-state index contributed by atoms with van der Waals surface area (Å²) < 4.78 is 0. The topological polar surface area (TPSA) is 3.24 Å². The molecule has 0 aliphatic rings. The first-order chi connectivity index (χ1) is 19.2. The van der Waals surface area contributed by atoms with Gasteiger partial charge in [-0.2, -0.15) is 0 Å². The van der Waals surface area contributed by atoms with Crippen LogP contribution in [-0.2, 0) is 6.42 Å². The first-order valence-electron chi connectivity index (χ1n) is 13.5. The number of hydrogen-bond acceptors (Lipinski definition) is 1. The van der Waals surface area contributed by atoms with Crippen molar-refractivity contribution in [3.8, 4) is 22.3 Å². The van der Waals surface area contributed by atoms with Crippen molar-refractivity contribution < 1.29 is 0 Å². The Bertz CT molecular complexity index is 1630. The van der Waals surface area contributed by atoms with Crippen LogP contribution in [0, 0.1) is 6.92 Å². The van der Waals surface area contributed by atoms with Crippen molar-refractivity contribution in [1.29, 1.82) is 0 Å². The van der Waals surface area contributed by atoms with E-state index < -0.39 is 0 Å². The van der Waals surface area contributed by atoms with Gasteiger partial charge >= 0.3 is 0 Å². The third-order valence-corrected chi connectivity index (χ3v) is 7.32. The molecular formula is C38H31N. The summed E-state index contributed by atoms with van der Waals surface area (Å²) in [6, 6.07) is 56.4. The number of benzene rings is 6. The Morgan fingerprint density at radius 3 is 1.33 bits per heavy atom. The highest BCUT2D eigenvalue weighted by molar-refractivity contribution is 5.79. The Labute approximate surface area is 231 Å². The van der Waals surface area contributed by atoms with Crippen LogP contribution in [0.3, 0.4) is 0 Å². The molecule has 0 aliphatic heterocycles. The van der Waals surface area contributed by atoms with Gasteiger partial charge < -0.3 is 4.90 Å². The van der Waals surface area contributed by atoms with E-state index in [0.29, 0.717) is 0 Å². The van der Waals surface area contributed by atoms with Gasteiger partial charge in [-0.3, -0.25) is 0 Å². The molecule has 0 heterocycles. The fraction of sp³-hybridized carbons (Fsp3) is 0.0526. The lowest BCUT2D eigenvalue weighted by atomic mass is 9.98. The van der Waals surface area contributed by atoms with Crippen molar-refractivity contribution in [2.75, 3.05) is 4.90 Å². The molecule has 0 aliphatic carbocycles. The van der Waals surface area contributed by atoms with Gasteiger partial charge in [0.1, 0.15) is 0 Å². The minimum Gasteiger partial charge on any atom is -0.311 e. The van der Waals surface area contributed by atoms with E-state index in [2.05, 4.69) is 170 Å². The van der Waals surface area contributed by atoms with Gasteiger partial charge in [0, 0.05) is 17.1 Å². The molecular weight excluding hydrogens is 470 g/mol. The maximum Gasteiger partial charge on any atom is 0.0462 e. The lowest BCUT2D eigenvalue weighted by Crippen LogP contribution is -2.09. The monoisotopic (exact) mass is 501 g/mol. The van der Waals surface area contributed by atoms with Crippen LogP contribution in [0.2, 0.25) is 0 Å². The SMILES string of the molecule is Cc1ccccc1Cc1ccc(-c2ccc(N(c3ccccc3)c3ccc(-c4ccccc4)cc3)cc2)cc1. The highest BCUT2D eigenvalue weighted by Gasteiger charge is 2.13. The van der Waals surface area contributed by atoms with Crippen molar-refractivity contribution in [3.05, 3.63) is 174 Å². The molecule has 1 nitrogen and oxygen atoms in total. The first kappa shape index (κ1) is 24.5. The summed E-state index contributed by atoms with van der Waals surface area (Å²) in [6.07, 6.45) is 0.959. The maximum atomic E-state index is 2.31. The van der Waals surface area contributed by atoms with Gasteiger partial charge in [0.2, 0.25) is 0 Å². The van der Waals surface area contributed by atoms with Crippen molar-refractivity contribution in [2.45, 2.75) is 13.3 Å². The van der Waals surface area contributed by atoms with E-state index in [1.54, 1.807) is 0 Å². The van der Waals surface area contributed by atoms with Crippen LogP contribution < -0.4 is 4.90 Å². The number of rotatable bonds is 7. The summed E-state index contributed by atoms with van der Waals surface area (Å²) in [4.78, 5) is 2.31. The average molecular weight is 502 g/mol. The van der Waals surface area contributed by atoms with E-state index >= 15 is 0 Å². The van der Waals surface area contributed by atoms with Gasteiger partial charge in [-0.25, -0.2) is 0 Å². The number of anilines is 3. The number of aryl methyl sites for hydroxylation is 1. The summed E-state index contributed by atoms with van der Waals surface area (Å²) in [6.45, 7) is 2.18. The Hall–Kier alpha value is -4.88. The molecule has 0 spiro atoms. The molecule has 0 aromatic heterocycles. The van der Waals surface area contributed by atoms with Gasteiger partial charge in [0.05, 0.1) is 0 Å². The molecule has 1 heteroatoms. The molecule has 0 unspecified atom stereocenters. The Balaban J connectivity index is 1.26. The van der Waals surface area contributed by atoms with Crippen LogP contribution in [-0.4, -0.2) is 0 Å². The van der Waals surface area contributed by atoms with E-state index in [9.17, 15) is 0 Å². The van der Waals surface area contributed by atoms with Gasteiger partial charge in [-0.15, -0.1) is 0 Å². The van der Waals surface area contributed by atoms with Crippen LogP contribution in [0.1, 0.15) is 16.7 Å². The van der Waals surface area contributed by atoms with Crippen molar-refractivity contribution in [1.82, 2.24) is 0 Å². The van der Waals surface area contributed by atoms with Crippen molar-refractivity contribution in [3.63, 3.8) is 0 Å². The molecule has 6 rings (SSSR count). The predicted octanol–water partition coefficient (Wildman–Crippen LogP) is 10.4. The Morgan fingerprint density at radius 2 is 0.795 bits per heavy atom. The molecule has 0 fully saturated rings. The number of hydrogen-bond donors (Lipinski definition) is 0. The van der Waals surface area contributed by atoms with Crippen LogP contribution in [0.4, 0.5) is 17.1 Å². The fourth-order valence-corrected chi connectivity index (χ4v) is 5.10. The summed E-state index contributed by atoms with van der Waals surface area (Å²) in [5.41, 5.74) is 12.3. The standard InChI is InChI=1S/C38H31N/c1-29-10-8-9-13-35(29)28-30-16-18-32(19-17-30)34-22-26-38(27-23-34)39(36-14-6-3-7-15-36)37-24-20-33(21-25-37)31-11-4-2-5-12-31/h2-27H,28H2,1H3. The molecule has 0 radical (unpaired) electrons. The molecule has 0 saturated carbocycles. The normalized spacial score (nSPS) is 10.8. The van der Waals surface area contributed by atoms with E-state index in [0.717, 1.165) is 23.5 Å². The second-order valence-electron chi connectivity index (χ2n) is 9.93. The zero-order valence-electron chi connectivity index (χ0n) is 22.2. The third-order valence-electron chi connectivity index (χ3n) is 7.32. The van der Waals surface area contributed by atoms with E-state index in [4.69, 9.17) is 0 Å². The van der Waals surface area contributed by atoms with Gasteiger partial charge in [0.15, 0.2) is 0 Å². The minimum absolute atomic E-state index is 0.959. The zero-order valence-corrected chi connectivity index (χ0v) is 22.2. The molecule has 0 atom stereocenters. The molecule has 188 valence electrons. The summed E-state index contributed by atoms with van der Waals surface area (Å²) in [5, 5.41) is 0. The maximum absolute atomic E-state index is 2.31. The van der Waals surface area contributed by atoms with E-state index in [1.807, 2.05) is 0 Å². The highest BCUT2D eigenvalue weighted by atomic mass is 15.1. The first-order valence-corrected chi connectivity index (χ1v) is 13.5. The Kier molecular flexibility index (Phi) is 7.05. The summed E-state index contributed by atoms with van der Waals surface area (Å²) in [5.74, 6) is 0. The predicted molar refractivity (Wildman–Crippen MR) is 166 cm³/mol. The van der Waals surface area contributed by atoms with E-state index in [-0.39, 0.29) is 0 Å². The van der Waals surface area contributed by atoms with Gasteiger partial charge in [0.25, 0.3) is 0 Å². The second kappa shape index (κ2) is 11.2. The van der Waals surface area contributed by atoms with Gasteiger partial charge in [-0.05, 0) is 88.7 Å². The number of nitrogens with zero attached hydrogens (tertiary/aromatic N) is 1. The number of para-hydroxylation sites is 1. The molecule has 0 N–H and O–H groups in total. The van der Waals surface area contributed by atoms with E-state index in [1.165, 1.54) is 38.9 Å². The fourth-order valence-electron chi connectivity index (χ4n) is 5.10. The van der Waals surface area contributed by atoms with Crippen LogP contribution in [0.25, 0.3) is 22.3 Å². The molecule has 0 amide bonds. The van der Waals surface area contributed by atoms with Crippen LogP contribution in [0.15, 0.2) is 158 Å². The van der Waals surface area contributed by atoms with Crippen LogP contribution in [0.5, 0.6) is 0 Å². The molecule has 6 aromatic carbocycles. The zero-order chi connectivity index (χ0) is 26.4. The summed E-state index contributed by atoms with van der Waals surface area (Å²) in [7, 11) is 0. The average Bonchev–Trinajstić information content (AvgIpc) is 3.01. The molecule has 6 aromatic rings. The van der Waals surface area contributed by atoms with Crippen LogP contribution >= 0.6 is 0 Å². The largest absolute Gasteiger partial charge is 0.311 e. The minimum atomic E-state index is 0.959. The molecule has 39 heavy (non-hydrogen) atoms. The third kappa shape index (κ3) is 5.54. The van der Waals surface area contributed by atoms with Gasteiger partial charge in [-0.1, -0.05) is 121 Å². The Morgan fingerprint density at radius 1 is 0.385 bits per heavy atom. The van der Waals surface area contributed by atoms with Crippen molar-refractivity contribution >= 4 is 17.1 Å². The lowest BCUT2D eigenvalue weighted by molar-refractivity contribution is 1.16.